The number of halogens is 2. The Bertz CT molecular complexity index is 799. The van der Waals surface area contributed by atoms with Crippen molar-refractivity contribution < 1.29 is 19.1 Å². The monoisotopic (exact) mass is 396 g/mol. The first-order valence-corrected chi connectivity index (χ1v) is 8.47. The highest BCUT2D eigenvalue weighted by molar-refractivity contribution is 6.42. The van der Waals surface area contributed by atoms with E-state index in [9.17, 15) is 9.59 Å². The number of nitrogens with two attached hydrogens (primary N) is 1. The molecule has 0 saturated heterocycles. The summed E-state index contributed by atoms with van der Waals surface area (Å²) >= 11 is 11.8. The predicted molar refractivity (Wildman–Crippen MR) is 101 cm³/mol. The Morgan fingerprint density at radius 2 is 1.85 bits per heavy atom. The predicted octanol–water partition coefficient (Wildman–Crippen LogP) is 3.29. The van der Waals surface area contributed by atoms with Crippen molar-refractivity contribution in [2.75, 3.05) is 25.2 Å². The Balaban J connectivity index is 2.16. The van der Waals surface area contributed by atoms with Gasteiger partial charge in [-0.05, 0) is 24.3 Å². The Labute approximate surface area is 161 Å². The Hall–Kier alpha value is -2.44. The molecule has 0 unspecified atom stereocenters. The fraction of sp³-hybridized carbons (Fsp3) is 0.222. The number of methoxy groups -OCH3 is 1. The number of ether oxygens (including phenoxy) is 2. The fourth-order valence-electron chi connectivity index (χ4n) is 2.24. The standard InChI is InChI=1S/C18H18Cl2N2O4/c1-25-16-5-3-2-4-15(16)22(9-8-17(21)23)18(24)11-26-12-6-7-13(19)14(20)10-12/h2-7,10H,8-9,11H2,1H3,(H2,21,23). The van der Waals surface area contributed by atoms with Gasteiger partial charge in [-0.3, -0.25) is 9.59 Å². The van der Waals surface area contributed by atoms with E-state index in [1.54, 1.807) is 36.4 Å². The lowest BCUT2D eigenvalue weighted by atomic mass is 10.2. The molecule has 0 atom stereocenters. The van der Waals surface area contributed by atoms with Gasteiger partial charge in [0.2, 0.25) is 5.91 Å². The highest BCUT2D eigenvalue weighted by Gasteiger charge is 2.20. The van der Waals surface area contributed by atoms with Crippen LogP contribution in [-0.4, -0.2) is 32.1 Å². The molecule has 8 heteroatoms. The number of rotatable bonds is 8. The van der Waals surface area contributed by atoms with Gasteiger partial charge in [-0.2, -0.15) is 0 Å². The quantitative estimate of drug-likeness (QED) is 0.741. The zero-order valence-electron chi connectivity index (χ0n) is 14.1. The number of benzene rings is 2. The second-order valence-electron chi connectivity index (χ2n) is 5.30. The molecular weight excluding hydrogens is 379 g/mol. The van der Waals surface area contributed by atoms with Crippen LogP contribution in [0.25, 0.3) is 0 Å². The molecule has 0 aliphatic rings. The van der Waals surface area contributed by atoms with Crippen molar-refractivity contribution in [3.05, 3.63) is 52.5 Å². The van der Waals surface area contributed by atoms with Crippen LogP contribution in [0.3, 0.4) is 0 Å². The molecule has 0 aromatic heterocycles. The molecule has 26 heavy (non-hydrogen) atoms. The van der Waals surface area contributed by atoms with Crippen LogP contribution in [0, 0.1) is 0 Å². The summed E-state index contributed by atoms with van der Waals surface area (Å²) in [4.78, 5) is 25.2. The third kappa shape index (κ3) is 5.28. The van der Waals surface area contributed by atoms with Crippen molar-refractivity contribution >= 4 is 40.7 Å². The third-order valence-electron chi connectivity index (χ3n) is 3.51. The van der Waals surface area contributed by atoms with Gasteiger partial charge in [0.15, 0.2) is 6.61 Å². The fourth-order valence-corrected chi connectivity index (χ4v) is 2.53. The average Bonchev–Trinajstić information content (AvgIpc) is 2.63. The van der Waals surface area contributed by atoms with Crippen molar-refractivity contribution in [1.82, 2.24) is 0 Å². The topological polar surface area (TPSA) is 81.9 Å². The number of carbonyl (C=O) groups excluding carboxylic acids is 2. The van der Waals surface area contributed by atoms with Crippen molar-refractivity contribution in [1.29, 1.82) is 0 Å². The molecular formula is C18H18Cl2N2O4. The summed E-state index contributed by atoms with van der Waals surface area (Å²) in [7, 11) is 1.50. The summed E-state index contributed by atoms with van der Waals surface area (Å²) in [5.74, 6) is 0.0346. The van der Waals surface area contributed by atoms with Crippen LogP contribution in [0.2, 0.25) is 10.0 Å². The summed E-state index contributed by atoms with van der Waals surface area (Å²) in [5, 5.41) is 0.717. The number of anilines is 1. The van der Waals surface area contributed by atoms with Crippen LogP contribution in [0.1, 0.15) is 6.42 Å². The first-order chi connectivity index (χ1) is 12.4. The molecule has 138 valence electrons. The minimum Gasteiger partial charge on any atom is -0.495 e. The highest BCUT2D eigenvalue weighted by Crippen LogP contribution is 2.29. The van der Waals surface area contributed by atoms with Gasteiger partial charge in [0, 0.05) is 19.0 Å². The lowest BCUT2D eigenvalue weighted by molar-refractivity contribution is -0.120. The first-order valence-electron chi connectivity index (χ1n) is 7.72. The summed E-state index contributed by atoms with van der Waals surface area (Å²) in [6, 6.07) is 11.7. The number of amides is 2. The molecule has 0 heterocycles. The summed E-state index contributed by atoms with van der Waals surface area (Å²) < 4.78 is 10.8. The molecule has 0 aliphatic carbocycles. The first kappa shape index (κ1) is 19.9. The van der Waals surface area contributed by atoms with Gasteiger partial charge < -0.3 is 20.1 Å². The van der Waals surface area contributed by atoms with E-state index >= 15 is 0 Å². The van der Waals surface area contributed by atoms with E-state index in [4.69, 9.17) is 38.4 Å². The van der Waals surface area contributed by atoms with Crippen LogP contribution in [0.4, 0.5) is 5.69 Å². The van der Waals surface area contributed by atoms with Gasteiger partial charge in [0.1, 0.15) is 11.5 Å². The summed E-state index contributed by atoms with van der Waals surface area (Å²) in [5.41, 5.74) is 5.75. The molecule has 2 amide bonds. The Morgan fingerprint density at radius 1 is 1.12 bits per heavy atom. The minimum absolute atomic E-state index is 0.0105. The van der Waals surface area contributed by atoms with Crippen LogP contribution in [-0.2, 0) is 9.59 Å². The van der Waals surface area contributed by atoms with E-state index in [0.717, 1.165) is 0 Å². The van der Waals surface area contributed by atoms with Crippen molar-refractivity contribution in [2.45, 2.75) is 6.42 Å². The highest BCUT2D eigenvalue weighted by atomic mass is 35.5. The molecule has 6 nitrogen and oxygen atoms in total. The summed E-state index contributed by atoms with van der Waals surface area (Å²) in [6.07, 6.45) is 0.0105. The van der Waals surface area contributed by atoms with Crippen molar-refractivity contribution in [3.63, 3.8) is 0 Å². The SMILES string of the molecule is COc1ccccc1N(CCC(N)=O)C(=O)COc1ccc(Cl)c(Cl)c1. The molecule has 0 bridgehead atoms. The maximum atomic E-state index is 12.7. The third-order valence-corrected chi connectivity index (χ3v) is 4.25. The van der Waals surface area contributed by atoms with E-state index in [2.05, 4.69) is 0 Å². The molecule has 2 rings (SSSR count). The average molecular weight is 397 g/mol. The normalized spacial score (nSPS) is 10.3. The van der Waals surface area contributed by atoms with E-state index in [0.29, 0.717) is 27.2 Å². The summed E-state index contributed by atoms with van der Waals surface area (Å²) in [6.45, 7) is -0.145. The number of carbonyl (C=O) groups is 2. The van der Waals surface area contributed by atoms with Crippen molar-refractivity contribution in [3.8, 4) is 11.5 Å². The molecule has 0 radical (unpaired) electrons. The lowest BCUT2D eigenvalue weighted by Gasteiger charge is -2.24. The Kier molecular flexibility index (Phi) is 7.12. The molecule has 2 N–H and O–H groups in total. The maximum absolute atomic E-state index is 12.7. The zero-order chi connectivity index (χ0) is 19.1. The second-order valence-corrected chi connectivity index (χ2v) is 6.11. The van der Waals surface area contributed by atoms with Crippen LogP contribution < -0.4 is 20.1 Å². The number of primary amides is 1. The van der Waals surface area contributed by atoms with Gasteiger partial charge in [-0.25, -0.2) is 0 Å². The molecule has 0 aliphatic heterocycles. The van der Waals surface area contributed by atoms with E-state index in [-0.39, 0.29) is 25.5 Å². The van der Waals surface area contributed by atoms with Gasteiger partial charge in [-0.15, -0.1) is 0 Å². The molecule has 0 fully saturated rings. The number of hydrogen-bond acceptors (Lipinski definition) is 4. The number of hydrogen-bond donors (Lipinski definition) is 1. The van der Waals surface area contributed by atoms with Gasteiger partial charge in [0.25, 0.3) is 5.91 Å². The van der Waals surface area contributed by atoms with Gasteiger partial charge in [-0.1, -0.05) is 35.3 Å². The van der Waals surface area contributed by atoms with E-state index in [1.165, 1.54) is 18.1 Å². The van der Waals surface area contributed by atoms with E-state index in [1.807, 2.05) is 0 Å². The second kappa shape index (κ2) is 9.31. The molecule has 2 aromatic rings. The number of para-hydroxylation sites is 2. The van der Waals surface area contributed by atoms with Crippen LogP contribution in [0.5, 0.6) is 11.5 Å². The molecule has 0 saturated carbocycles. The van der Waals surface area contributed by atoms with E-state index < -0.39 is 5.91 Å². The Morgan fingerprint density at radius 3 is 2.50 bits per heavy atom. The number of nitrogens with zero attached hydrogens (tertiary/aromatic N) is 1. The maximum Gasteiger partial charge on any atom is 0.265 e. The van der Waals surface area contributed by atoms with Gasteiger partial charge >= 0.3 is 0 Å². The van der Waals surface area contributed by atoms with Crippen LogP contribution in [0.15, 0.2) is 42.5 Å². The lowest BCUT2D eigenvalue weighted by Crippen LogP contribution is -2.37. The minimum atomic E-state index is -0.511. The van der Waals surface area contributed by atoms with Gasteiger partial charge in [0.05, 0.1) is 22.8 Å². The largest absolute Gasteiger partial charge is 0.495 e. The van der Waals surface area contributed by atoms with Crippen molar-refractivity contribution in [2.24, 2.45) is 5.73 Å². The smallest absolute Gasteiger partial charge is 0.265 e. The molecule has 0 spiro atoms. The molecule has 2 aromatic carbocycles. The van der Waals surface area contributed by atoms with Crippen LogP contribution >= 0.6 is 23.2 Å². The zero-order valence-corrected chi connectivity index (χ0v) is 15.6.